The van der Waals surface area contributed by atoms with Crippen LogP contribution in [0.4, 0.5) is 0 Å². The van der Waals surface area contributed by atoms with Crippen molar-refractivity contribution in [2.45, 2.75) is 328 Å². The molecule has 2 N–H and O–H groups in total. The summed E-state index contributed by atoms with van der Waals surface area (Å²) in [5, 5.41) is 3.05. The molecule has 0 aromatic rings. The number of rotatable bonds is 60. The van der Waals surface area contributed by atoms with Gasteiger partial charge in [0.25, 0.3) is 0 Å². The number of phosphoric acid groups is 1. The first-order chi connectivity index (χ1) is 37.4. The molecule has 10 heteroatoms. The van der Waals surface area contributed by atoms with E-state index in [4.69, 9.17) is 13.8 Å². The fourth-order valence-corrected chi connectivity index (χ4v) is 10.5. The van der Waals surface area contributed by atoms with Crippen LogP contribution in [0, 0.1) is 0 Å². The number of unbranched alkanes of at least 4 members (excludes halogenated alkanes) is 40. The quantitative estimate of drug-likeness (QED) is 0.0156. The maximum atomic E-state index is 13.5. The number of allylic oxidation sites excluding steroid dienone is 7. The average molecular weight is 1100 g/mol. The molecule has 0 saturated heterocycles. The van der Waals surface area contributed by atoms with E-state index in [0.717, 1.165) is 83.5 Å². The van der Waals surface area contributed by atoms with E-state index >= 15 is 0 Å². The second kappa shape index (κ2) is 57.2. The fraction of sp³-hybridized carbons (Fsp3) is 0.851. The van der Waals surface area contributed by atoms with Crippen LogP contribution in [0.15, 0.2) is 48.6 Å². The summed E-state index contributed by atoms with van der Waals surface area (Å²) in [5.41, 5.74) is 0. The first-order valence-corrected chi connectivity index (χ1v) is 34.5. The van der Waals surface area contributed by atoms with Crippen molar-refractivity contribution in [1.29, 1.82) is 0 Å². The predicted molar refractivity (Wildman–Crippen MR) is 332 cm³/mol. The van der Waals surface area contributed by atoms with Gasteiger partial charge >= 0.3 is 13.8 Å². The summed E-state index contributed by atoms with van der Waals surface area (Å²) in [6.07, 6.45) is 71.3. The summed E-state index contributed by atoms with van der Waals surface area (Å²) in [6.45, 7) is 6.90. The Morgan fingerprint density at radius 2 is 0.831 bits per heavy atom. The molecular weight excluding hydrogens is 976 g/mol. The lowest BCUT2D eigenvalue weighted by molar-refractivity contribution is -0.870. The molecule has 0 spiro atoms. The van der Waals surface area contributed by atoms with Crippen LogP contribution < -0.4 is 5.32 Å². The van der Waals surface area contributed by atoms with Gasteiger partial charge < -0.3 is 19.4 Å². The molecule has 0 aromatic heterocycles. The van der Waals surface area contributed by atoms with Crippen molar-refractivity contribution in [1.82, 2.24) is 5.32 Å². The van der Waals surface area contributed by atoms with Gasteiger partial charge in [0.1, 0.15) is 19.3 Å². The van der Waals surface area contributed by atoms with Crippen LogP contribution in [0.3, 0.4) is 0 Å². The molecule has 1 amide bonds. The van der Waals surface area contributed by atoms with Crippen LogP contribution in [-0.2, 0) is 27.9 Å². The summed E-state index contributed by atoms with van der Waals surface area (Å²) >= 11 is 0. The monoisotopic (exact) mass is 1100 g/mol. The van der Waals surface area contributed by atoms with Gasteiger partial charge in [-0.3, -0.25) is 18.6 Å². The van der Waals surface area contributed by atoms with Crippen LogP contribution in [-0.4, -0.2) is 74.3 Å². The second-order valence-corrected chi connectivity index (χ2v) is 25.1. The van der Waals surface area contributed by atoms with E-state index in [1.165, 1.54) is 199 Å². The molecule has 3 unspecified atom stereocenters. The first-order valence-electron chi connectivity index (χ1n) is 33.0. The van der Waals surface area contributed by atoms with Crippen molar-refractivity contribution >= 4 is 19.7 Å². The molecule has 0 heterocycles. The van der Waals surface area contributed by atoms with Crippen LogP contribution in [0.2, 0.25) is 0 Å². The minimum atomic E-state index is -4.45. The number of phosphoric ester groups is 1. The van der Waals surface area contributed by atoms with Gasteiger partial charge in [0, 0.05) is 12.8 Å². The van der Waals surface area contributed by atoms with E-state index < -0.39 is 20.0 Å². The second-order valence-electron chi connectivity index (χ2n) is 23.7. The van der Waals surface area contributed by atoms with Gasteiger partial charge in [0.2, 0.25) is 5.91 Å². The predicted octanol–water partition coefficient (Wildman–Crippen LogP) is 20.5. The molecule has 0 bridgehead atoms. The minimum Gasteiger partial charge on any atom is -0.456 e. The van der Waals surface area contributed by atoms with E-state index in [1.807, 2.05) is 33.3 Å². The molecule has 0 rings (SSSR count). The zero-order valence-electron chi connectivity index (χ0n) is 51.7. The van der Waals surface area contributed by atoms with Gasteiger partial charge in [0.05, 0.1) is 33.8 Å². The topological polar surface area (TPSA) is 111 Å². The van der Waals surface area contributed by atoms with Crippen molar-refractivity contribution in [3.05, 3.63) is 48.6 Å². The summed E-state index contributed by atoms with van der Waals surface area (Å²) < 4.78 is 30.7. The molecule has 0 radical (unpaired) electrons. The number of likely N-dealkylation sites (N-methyl/N-ethyl adjacent to an activating group) is 1. The van der Waals surface area contributed by atoms with Gasteiger partial charge in [-0.05, 0) is 51.0 Å². The number of ether oxygens (including phenoxy) is 1. The highest BCUT2D eigenvalue weighted by Gasteiger charge is 2.30. The Balaban J connectivity index is 5.07. The Bertz CT molecular complexity index is 1460. The Labute approximate surface area is 478 Å². The Kier molecular flexibility index (Phi) is 55.7. The summed E-state index contributed by atoms with van der Waals surface area (Å²) in [6, 6.07) is -0.857. The largest absolute Gasteiger partial charge is 0.472 e. The highest BCUT2D eigenvalue weighted by Crippen LogP contribution is 2.43. The van der Waals surface area contributed by atoms with Crippen LogP contribution in [0.25, 0.3) is 0 Å². The van der Waals surface area contributed by atoms with Crippen molar-refractivity contribution in [2.75, 3.05) is 40.9 Å². The van der Waals surface area contributed by atoms with Crippen molar-refractivity contribution < 1.29 is 37.3 Å². The SMILES string of the molecule is CC/C=C/C=C/C=C\CCCCCCCC(=O)NC(COP(=O)(O)OCC[N+](C)(C)C)C(/C=C\CCCCCCCCCCCCC)OC(=O)CCCCCCCCCCCCCCCCCCCCCCCCCCC. The van der Waals surface area contributed by atoms with E-state index in [9.17, 15) is 19.0 Å². The van der Waals surface area contributed by atoms with Gasteiger partial charge in [0.15, 0.2) is 0 Å². The fourth-order valence-electron chi connectivity index (χ4n) is 9.77. The zero-order chi connectivity index (χ0) is 56.4. The number of amides is 1. The van der Waals surface area contributed by atoms with Crippen LogP contribution in [0.5, 0.6) is 0 Å². The van der Waals surface area contributed by atoms with E-state index in [2.05, 4.69) is 62.5 Å². The molecule has 3 atom stereocenters. The van der Waals surface area contributed by atoms with E-state index in [1.54, 1.807) is 0 Å². The molecule has 0 saturated carbocycles. The van der Waals surface area contributed by atoms with Gasteiger partial charge in [-0.15, -0.1) is 0 Å². The first kappa shape index (κ1) is 75.0. The molecule has 0 aliphatic heterocycles. The minimum absolute atomic E-state index is 0.0369. The van der Waals surface area contributed by atoms with Crippen molar-refractivity contribution in [3.8, 4) is 0 Å². The molecule has 0 fully saturated rings. The van der Waals surface area contributed by atoms with E-state index in [0.29, 0.717) is 23.9 Å². The molecule has 77 heavy (non-hydrogen) atoms. The third-order valence-electron chi connectivity index (χ3n) is 14.8. The van der Waals surface area contributed by atoms with Crippen molar-refractivity contribution in [2.24, 2.45) is 0 Å². The lowest BCUT2D eigenvalue weighted by Crippen LogP contribution is -2.47. The molecule has 452 valence electrons. The lowest BCUT2D eigenvalue weighted by Gasteiger charge is -2.27. The number of hydrogen-bond donors (Lipinski definition) is 2. The Morgan fingerprint density at radius 1 is 0.468 bits per heavy atom. The Morgan fingerprint density at radius 3 is 1.23 bits per heavy atom. The van der Waals surface area contributed by atoms with Crippen LogP contribution in [0.1, 0.15) is 316 Å². The van der Waals surface area contributed by atoms with Crippen molar-refractivity contribution in [3.63, 3.8) is 0 Å². The number of carbonyl (C=O) groups excluding carboxylic acids is 2. The van der Waals surface area contributed by atoms with Crippen LogP contribution >= 0.6 is 7.82 Å². The number of carbonyl (C=O) groups is 2. The third kappa shape index (κ3) is 58.4. The maximum Gasteiger partial charge on any atom is 0.472 e. The van der Waals surface area contributed by atoms with Gasteiger partial charge in [-0.1, -0.05) is 301 Å². The van der Waals surface area contributed by atoms with Gasteiger partial charge in [-0.2, -0.15) is 0 Å². The summed E-state index contributed by atoms with van der Waals surface area (Å²) in [5.74, 6) is -0.516. The van der Waals surface area contributed by atoms with Gasteiger partial charge in [-0.25, -0.2) is 4.57 Å². The normalized spacial score (nSPS) is 13.9. The van der Waals surface area contributed by atoms with E-state index in [-0.39, 0.29) is 25.1 Å². The number of quaternary nitrogens is 1. The smallest absolute Gasteiger partial charge is 0.456 e. The Hall–Kier alpha value is -2.03. The summed E-state index contributed by atoms with van der Waals surface area (Å²) in [7, 11) is 1.49. The number of hydrogen-bond acceptors (Lipinski definition) is 6. The highest BCUT2D eigenvalue weighted by molar-refractivity contribution is 7.47. The highest BCUT2D eigenvalue weighted by atomic mass is 31.2. The molecule has 0 aliphatic carbocycles. The molecule has 9 nitrogen and oxygen atoms in total. The average Bonchev–Trinajstić information content (AvgIpc) is 3.39. The maximum absolute atomic E-state index is 13.5. The number of nitrogens with zero attached hydrogens (tertiary/aromatic N) is 1. The summed E-state index contributed by atoms with van der Waals surface area (Å²) in [4.78, 5) is 37.7. The lowest BCUT2D eigenvalue weighted by atomic mass is 10.0. The third-order valence-corrected chi connectivity index (χ3v) is 15.8. The molecular formula is C67H128N2O7P+. The molecule has 0 aliphatic rings. The standard InChI is InChI=1S/C67H127N2O7P/c1-7-10-13-16-19-22-25-28-29-30-31-32-33-34-35-36-37-38-39-42-45-48-51-54-57-60-67(71)76-65(58-55-52-49-46-43-40-26-23-20-17-14-11-8-2)64(63-75-77(72,73)74-62-61-69(4,5)6)68-66(70)59-56-53-50-47-44-41-27-24-21-18-15-12-9-3/h12,15,18,21,24,27,55,58,64-65H,7-11,13-14,16-17,19-20,22-23,25-26,28-54,56-57,59-63H2,1-6H3,(H-,68,70,72,73)/p+1/b15-12+,21-18+,27-24-,58-55-. The molecule has 0 aromatic carbocycles. The number of nitrogens with one attached hydrogen (secondary N) is 1. The number of esters is 1. The zero-order valence-corrected chi connectivity index (χ0v) is 52.6.